The van der Waals surface area contributed by atoms with Crippen molar-refractivity contribution in [3.05, 3.63) is 253 Å². The molecule has 7 aliphatic rings. The van der Waals surface area contributed by atoms with Gasteiger partial charge in [0.15, 0.2) is 0 Å². The van der Waals surface area contributed by atoms with Crippen LogP contribution in [0.2, 0.25) is 0 Å². The zero-order valence-corrected chi connectivity index (χ0v) is 78.7. The number of fused-ring (bicyclic) bond motifs is 7. The van der Waals surface area contributed by atoms with Crippen molar-refractivity contribution in [2.75, 3.05) is 155 Å². The minimum Gasteiger partial charge on any atom is -0.508 e. The molecule has 7 aromatic rings. The molecule has 35 heteroatoms. The van der Waals surface area contributed by atoms with E-state index in [1.54, 1.807) is 199 Å². The Kier molecular flexibility index (Phi) is 42.2. The highest BCUT2D eigenvalue weighted by molar-refractivity contribution is 6.00. The maximum atomic E-state index is 13.0. The number of carbonyl (C=O) groups excluding carboxylic acids is 9. The maximum Gasteiger partial charge on any atom is 0.407 e. The third-order valence-electron chi connectivity index (χ3n) is 21.3. The summed E-state index contributed by atoms with van der Waals surface area (Å²) < 4.78 is 93.3. The molecule has 7 aliphatic heterocycles. The first-order chi connectivity index (χ1) is 61.9. The van der Waals surface area contributed by atoms with Crippen molar-refractivity contribution in [2.45, 2.75) is 97.7 Å². The van der Waals surface area contributed by atoms with Crippen molar-refractivity contribution in [2.24, 2.45) is 11.5 Å². The van der Waals surface area contributed by atoms with Crippen LogP contribution in [-0.2, 0) is 54.4 Å². The second-order valence-corrected chi connectivity index (χ2v) is 33.4. The first-order valence-electron chi connectivity index (χ1n) is 42.4. The molecular weight excluding hydrogens is 1750 g/mol. The highest BCUT2D eigenvalue weighted by Gasteiger charge is 2.29. The minimum absolute atomic E-state index is 0. The van der Waals surface area contributed by atoms with E-state index in [1.807, 2.05) is 55.6 Å². The van der Waals surface area contributed by atoms with E-state index in [9.17, 15) is 65.8 Å². The Hall–Kier alpha value is -12.9. The van der Waals surface area contributed by atoms with Gasteiger partial charge in [-0.1, -0.05) is 0 Å². The lowest BCUT2D eigenvalue weighted by molar-refractivity contribution is 0.0520. The molecule has 0 saturated carbocycles. The number of rotatable bonds is 20. The predicted molar refractivity (Wildman–Crippen MR) is 500 cm³/mol. The van der Waals surface area contributed by atoms with Crippen LogP contribution in [-0.4, -0.2) is 254 Å². The first-order valence-corrected chi connectivity index (χ1v) is 42.4. The number of nitrogens with zero attached hydrogens (tertiary/aromatic N) is 6. The summed E-state index contributed by atoms with van der Waals surface area (Å²) in [4.78, 5) is 116. The Morgan fingerprint density at radius 1 is 0.371 bits per heavy atom. The smallest absolute Gasteiger partial charge is 0.407 e. The molecule has 7 aromatic carbocycles. The average Bonchev–Trinajstić information content (AvgIpc) is 0.814. The molecule has 0 unspecified atom stereocenters. The molecule has 0 spiro atoms. The Bertz CT molecular complexity index is 5120. The second kappa shape index (κ2) is 51.7. The van der Waals surface area contributed by atoms with Gasteiger partial charge in [-0.15, -0.1) is 24.8 Å². The van der Waals surface area contributed by atoms with Gasteiger partial charge in [0.2, 0.25) is 0 Å². The molecule has 0 radical (unpaired) electrons. The van der Waals surface area contributed by atoms with Crippen LogP contribution < -0.4 is 55.8 Å². The number of likely N-dealkylation sites (N-methyl/N-ethyl adjacent to an activating group) is 6. The number of amides is 9. The van der Waals surface area contributed by atoms with Crippen LogP contribution in [0.15, 0.2) is 175 Å². The number of nitrogens with one attached hydrogen (secondary N) is 3. The molecule has 7 heterocycles. The van der Waals surface area contributed by atoms with E-state index in [4.69, 9.17) is 49.4 Å². The van der Waals surface area contributed by atoms with Crippen LogP contribution >= 0.6 is 24.8 Å². The summed E-state index contributed by atoms with van der Waals surface area (Å²) in [5.41, 5.74) is 22.7. The summed E-state index contributed by atoms with van der Waals surface area (Å²) in [6.45, 7) is 15.9. The Balaban J connectivity index is 0.000000240. The molecule has 8 N–H and O–H groups in total. The average molecular weight is 1880 g/mol. The number of ether oxygens (including phenoxy) is 8. The quantitative estimate of drug-likeness (QED) is 0.0386. The lowest BCUT2D eigenvalue weighted by Crippen LogP contribution is -2.34. The fourth-order valence-corrected chi connectivity index (χ4v) is 13.7. The van der Waals surface area contributed by atoms with Crippen LogP contribution in [0, 0.1) is 0 Å². The number of aromatic hydroxyl groups is 1. The lowest BCUT2D eigenvalue weighted by atomic mass is 9.99. The number of hydrogen-bond donors (Lipinski definition) is 6. The van der Waals surface area contributed by atoms with Crippen molar-refractivity contribution in [3.63, 3.8) is 0 Å². The molecule has 0 bridgehead atoms. The molecule has 0 aromatic heterocycles. The first kappa shape index (κ1) is 108. The Morgan fingerprint density at radius 2 is 0.606 bits per heavy atom. The van der Waals surface area contributed by atoms with E-state index in [-0.39, 0.29) is 136 Å². The minimum atomic E-state index is -0.617. The van der Waals surface area contributed by atoms with Crippen molar-refractivity contribution < 1.29 is 104 Å². The van der Waals surface area contributed by atoms with Gasteiger partial charge < -0.3 is 99.8 Å². The van der Waals surface area contributed by atoms with Crippen molar-refractivity contribution >= 4 is 78.4 Å². The summed E-state index contributed by atoms with van der Waals surface area (Å²) in [7, 11) is 14.0. The van der Waals surface area contributed by atoms with E-state index in [2.05, 4.69) is 16.0 Å². The molecule has 0 saturated heterocycles. The van der Waals surface area contributed by atoms with Gasteiger partial charge in [0.05, 0.1) is 39.5 Å². The number of hydrogen-bond acceptors (Lipinski definition) is 20. The van der Waals surface area contributed by atoms with Gasteiger partial charge in [-0.05, 0) is 253 Å². The van der Waals surface area contributed by atoms with Gasteiger partial charge in [0.1, 0.15) is 77.9 Å². The van der Waals surface area contributed by atoms with Crippen LogP contribution in [0.5, 0.6) is 40.2 Å². The predicted octanol–water partition coefficient (Wildman–Crippen LogP) is 13.3. The van der Waals surface area contributed by atoms with Gasteiger partial charge in [-0.25, -0.2) is 27.2 Å². The topological polar surface area (TPSA) is 355 Å². The summed E-state index contributed by atoms with van der Waals surface area (Å²) in [5, 5.41) is 17.0. The van der Waals surface area contributed by atoms with Crippen molar-refractivity contribution in [1.29, 1.82) is 0 Å². The van der Waals surface area contributed by atoms with E-state index in [0.29, 0.717) is 113 Å². The number of benzene rings is 7. The maximum absolute atomic E-state index is 13.0. The Morgan fingerprint density at radius 3 is 0.864 bits per heavy atom. The molecule has 9 amide bonds. The second-order valence-electron chi connectivity index (χ2n) is 33.4. The summed E-state index contributed by atoms with van der Waals surface area (Å²) in [6, 6.07) is 37.1. The largest absolute Gasteiger partial charge is 0.508 e. The van der Waals surface area contributed by atoms with Gasteiger partial charge in [-0.2, -0.15) is 0 Å². The molecule has 0 aliphatic carbocycles. The monoisotopic (exact) mass is 1870 g/mol. The van der Waals surface area contributed by atoms with Crippen LogP contribution in [0.25, 0.3) is 0 Å². The number of phenolic OH excluding ortho intramolecular Hbond substituents is 1. The summed E-state index contributed by atoms with van der Waals surface area (Å²) in [5.74, 6) is 4.43. The van der Waals surface area contributed by atoms with Crippen LogP contribution in [0.1, 0.15) is 153 Å². The number of alkyl carbamates (subject to hydrolysis) is 2. The van der Waals surface area contributed by atoms with Gasteiger partial charge >= 0.3 is 12.2 Å². The number of phenols is 1. The molecule has 0 atom stereocenters. The summed E-state index contributed by atoms with van der Waals surface area (Å²) >= 11 is 0. The zero-order chi connectivity index (χ0) is 95.1. The molecule has 14 rings (SSSR count). The standard InChI is InChI=1S/2C19H25FN2O4.2C14H17FN2O2.C11H13NO2.2C10H11NO2.2ClH/c2*1-19(2,3)26-18(24)21-11-13(10-20)12-25-15-5-6-16-14(9-15)7-8-22(4)17(16)23;2*1-17-5-4-11-6-12(2-3-13(11)14(17)18)19-9-10(7-15)8-16;1-12-6-5-8-7-9(14-2)3-4-10(8)11(12)13;1-13-8-2-3-9-7(6-8)4-5-11-10(9)12;1-11-5-4-7-6-8(12)2-3-9(7)10(11)13;;/h2*5-6,9-10H,7-8,11-12H2,1-4H3,(H,21,24);2*2-3,6-7H,4-5,8-9,16H2,1H3;3-4,7H,5-6H2,1-2H3;2-3,6H,4-5H2,1H3,(H,11,12);2-3,6,12H,4-5H2,1H3;2*1H/b13-10+;13-10-;2*10-7+;;;;;. The summed E-state index contributed by atoms with van der Waals surface area (Å²) in [6.07, 6.45) is 6.26. The van der Waals surface area contributed by atoms with Crippen LogP contribution in [0.4, 0.5) is 27.2 Å². The molecule has 0 fully saturated rings. The fraction of sp³-hybridized carbons (Fsp3) is 0.392. The Labute approximate surface area is 780 Å². The normalized spacial score (nSPS) is 14.9. The van der Waals surface area contributed by atoms with E-state index < -0.39 is 23.4 Å². The highest BCUT2D eigenvalue weighted by Crippen LogP contribution is 2.31. The van der Waals surface area contributed by atoms with Crippen molar-refractivity contribution in [3.8, 4) is 40.2 Å². The molecule has 29 nitrogen and oxygen atoms in total. The zero-order valence-electron chi connectivity index (χ0n) is 77.0. The number of carbonyl (C=O) groups is 9. The lowest BCUT2D eigenvalue weighted by Gasteiger charge is -2.25. The highest BCUT2D eigenvalue weighted by atomic mass is 35.5. The van der Waals surface area contributed by atoms with E-state index in [1.165, 1.54) is 0 Å². The van der Waals surface area contributed by atoms with Gasteiger partial charge in [0, 0.05) is 176 Å². The van der Waals surface area contributed by atoms with E-state index >= 15 is 0 Å². The number of nitrogens with two attached hydrogens (primary N) is 2. The third-order valence-corrected chi connectivity index (χ3v) is 21.3. The van der Waals surface area contributed by atoms with Crippen molar-refractivity contribution in [1.82, 2.24) is 45.3 Å². The van der Waals surface area contributed by atoms with E-state index in [0.717, 1.165) is 126 Å². The van der Waals surface area contributed by atoms with Crippen LogP contribution in [0.3, 0.4) is 0 Å². The number of halogens is 6. The SMILES string of the molecule is CN1CCc2cc(O)ccc2C1=O.CN1CCc2cc(OC/C(=C/F)CN)ccc2C1=O.CN1CCc2cc(OC/C(=C/F)CN)ccc2C1=O.CN1CCc2cc(OC/C(=C/F)CNC(=O)OC(C)(C)C)ccc2C1=O.CN1CCc2cc(OC/C(=C\F)CNC(=O)OC(C)(C)C)ccc2C1=O.COc1ccc2c(c1)CCN(C)C2=O.COc1ccc2c(c1)CCNC2=O.Cl.Cl. The fourth-order valence-electron chi connectivity index (χ4n) is 13.7. The number of methoxy groups -OCH3 is 2. The molecule has 714 valence electrons. The molecule has 132 heavy (non-hydrogen) atoms. The van der Waals surface area contributed by atoms with Gasteiger partial charge in [0.25, 0.3) is 41.4 Å². The molecular formula is C97H121Cl2F4N11O18. The van der Waals surface area contributed by atoms with Gasteiger partial charge in [-0.3, -0.25) is 33.6 Å². The third kappa shape index (κ3) is 32.0.